The Bertz CT molecular complexity index is 513. The van der Waals surface area contributed by atoms with E-state index in [1.807, 2.05) is 0 Å². The predicted molar refractivity (Wildman–Crippen MR) is 74.8 cm³/mol. The second kappa shape index (κ2) is 6.22. The number of hydrogen-bond acceptors (Lipinski definition) is 3. The third-order valence-corrected chi connectivity index (χ3v) is 3.78. The molecule has 1 heterocycles. The highest BCUT2D eigenvalue weighted by atomic mass is 35.5. The fourth-order valence-corrected chi connectivity index (χ4v) is 2.86. The number of halogens is 1. The first kappa shape index (κ1) is 14.8. The van der Waals surface area contributed by atoms with E-state index >= 15 is 0 Å². The Morgan fingerprint density at radius 1 is 1.35 bits per heavy atom. The molecule has 0 bridgehead atoms. The lowest BCUT2D eigenvalue weighted by atomic mass is 9.84. The van der Waals surface area contributed by atoms with Crippen LogP contribution >= 0.6 is 11.6 Å². The molecule has 2 unspecified atom stereocenters. The maximum absolute atomic E-state index is 12.2. The first-order chi connectivity index (χ1) is 9.47. The SMILES string of the molecule is Cc1cc(C(=O)NC2CCCCC2C(=O)O)cc(Cl)n1. The van der Waals surface area contributed by atoms with Crippen LogP contribution in [0.1, 0.15) is 41.7 Å². The fourth-order valence-electron chi connectivity index (χ4n) is 2.61. The van der Waals surface area contributed by atoms with E-state index in [2.05, 4.69) is 10.3 Å². The quantitative estimate of drug-likeness (QED) is 0.840. The minimum absolute atomic E-state index is 0.258. The highest BCUT2D eigenvalue weighted by molar-refractivity contribution is 6.29. The average molecular weight is 297 g/mol. The summed E-state index contributed by atoms with van der Waals surface area (Å²) in [4.78, 5) is 27.4. The number of nitrogens with zero attached hydrogens (tertiary/aromatic N) is 1. The number of pyridine rings is 1. The zero-order valence-electron chi connectivity index (χ0n) is 11.2. The summed E-state index contributed by atoms with van der Waals surface area (Å²) in [7, 11) is 0. The first-order valence-corrected chi connectivity index (χ1v) is 7.03. The molecule has 0 spiro atoms. The van der Waals surface area contributed by atoms with Gasteiger partial charge in [0.15, 0.2) is 0 Å². The lowest BCUT2D eigenvalue weighted by Gasteiger charge is -2.29. The topological polar surface area (TPSA) is 79.3 Å². The molecule has 1 aromatic rings. The lowest BCUT2D eigenvalue weighted by Crippen LogP contribution is -2.45. The van der Waals surface area contributed by atoms with E-state index in [9.17, 15) is 14.7 Å². The molecular weight excluding hydrogens is 280 g/mol. The van der Waals surface area contributed by atoms with Crippen molar-refractivity contribution in [3.8, 4) is 0 Å². The number of carboxylic acids is 1. The number of carbonyl (C=O) groups is 2. The van der Waals surface area contributed by atoms with Gasteiger partial charge in [-0.1, -0.05) is 24.4 Å². The smallest absolute Gasteiger partial charge is 0.308 e. The molecule has 20 heavy (non-hydrogen) atoms. The molecule has 6 heteroatoms. The summed E-state index contributed by atoms with van der Waals surface area (Å²) < 4.78 is 0. The molecule has 2 atom stereocenters. The lowest BCUT2D eigenvalue weighted by molar-refractivity contribution is -0.143. The summed E-state index contributed by atoms with van der Waals surface area (Å²) in [6.45, 7) is 1.75. The van der Waals surface area contributed by atoms with Gasteiger partial charge >= 0.3 is 5.97 Å². The van der Waals surface area contributed by atoms with Crippen molar-refractivity contribution in [3.63, 3.8) is 0 Å². The number of carbonyl (C=O) groups excluding carboxylic acids is 1. The minimum Gasteiger partial charge on any atom is -0.481 e. The Labute approximate surface area is 122 Å². The van der Waals surface area contributed by atoms with Gasteiger partial charge in [0.25, 0.3) is 5.91 Å². The van der Waals surface area contributed by atoms with E-state index in [4.69, 9.17) is 11.6 Å². The molecule has 1 saturated carbocycles. The third kappa shape index (κ3) is 3.48. The number of nitrogens with one attached hydrogen (secondary N) is 1. The Morgan fingerprint density at radius 3 is 2.70 bits per heavy atom. The molecule has 0 aromatic carbocycles. The summed E-state index contributed by atoms with van der Waals surface area (Å²) >= 11 is 5.83. The summed E-state index contributed by atoms with van der Waals surface area (Å²) in [6, 6.07) is 2.81. The molecular formula is C14H17ClN2O3. The van der Waals surface area contributed by atoms with Crippen molar-refractivity contribution in [1.29, 1.82) is 0 Å². The molecule has 1 aliphatic carbocycles. The minimum atomic E-state index is -0.848. The van der Waals surface area contributed by atoms with Gasteiger partial charge in [0.1, 0.15) is 5.15 Å². The largest absolute Gasteiger partial charge is 0.481 e. The van der Waals surface area contributed by atoms with Gasteiger partial charge in [-0.3, -0.25) is 9.59 Å². The summed E-state index contributed by atoms with van der Waals surface area (Å²) in [5, 5.41) is 12.3. The average Bonchev–Trinajstić information content (AvgIpc) is 2.37. The maximum Gasteiger partial charge on any atom is 0.308 e. The van der Waals surface area contributed by atoms with E-state index < -0.39 is 11.9 Å². The maximum atomic E-state index is 12.2. The fraction of sp³-hybridized carbons (Fsp3) is 0.500. The van der Waals surface area contributed by atoms with Crippen LogP contribution in [0.3, 0.4) is 0 Å². The van der Waals surface area contributed by atoms with E-state index in [1.165, 1.54) is 6.07 Å². The van der Waals surface area contributed by atoms with Crippen molar-refractivity contribution < 1.29 is 14.7 Å². The van der Waals surface area contributed by atoms with Gasteiger partial charge in [-0.25, -0.2) is 4.98 Å². The molecule has 1 amide bonds. The van der Waals surface area contributed by atoms with Gasteiger partial charge in [0.05, 0.1) is 5.92 Å². The third-order valence-electron chi connectivity index (χ3n) is 3.58. The molecule has 1 aromatic heterocycles. The normalized spacial score (nSPS) is 22.3. The van der Waals surface area contributed by atoms with Crippen LogP contribution in [0.4, 0.5) is 0 Å². The summed E-state index contributed by atoms with van der Waals surface area (Å²) in [6.07, 6.45) is 3.13. The van der Waals surface area contributed by atoms with Crippen molar-refractivity contribution in [2.75, 3.05) is 0 Å². The Kier molecular flexibility index (Phi) is 4.60. The summed E-state index contributed by atoms with van der Waals surface area (Å²) in [5.74, 6) is -1.65. The van der Waals surface area contributed by atoms with E-state index in [-0.39, 0.29) is 17.1 Å². The summed E-state index contributed by atoms with van der Waals surface area (Å²) in [5.41, 5.74) is 1.07. The van der Waals surface area contributed by atoms with Gasteiger partial charge in [-0.15, -0.1) is 0 Å². The van der Waals surface area contributed by atoms with Crippen LogP contribution in [0.25, 0.3) is 0 Å². The van der Waals surface area contributed by atoms with Gasteiger partial charge in [0, 0.05) is 17.3 Å². The Balaban J connectivity index is 2.11. The van der Waals surface area contributed by atoms with E-state index in [0.717, 1.165) is 12.8 Å². The molecule has 2 N–H and O–H groups in total. The Morgan fingerprint density at radius 2 is 2.05 bits per heavy atom. The van der Waals surface area contributed by atoms with Gasteiger partial charge in [0.2, 0.25) is 0 Å². The molecule has 1 aliphatic rings. The van der Waals surface area contributed by atoms with Crippen LogP contribution in [0.15, 0.2) is 12.1 Å². The van der Waals surface area contributed by atoms with Gasteiger partial charge < -0.3 is 10.4 Å². The number of rotatable bonds is 3. The van der Waals surface area contributed by atoms with Crippen LogP contribution in [0.2, 0.25) is 5.15 Å². The second-order valence-electron chi connectivity index (χ2n) is 5.13. The molecule has 0 saturated heterocycles. The second-order valence-corrected chi connectivity index (χ2v) is 5.52. The van der Waals surface area contributed by atoms with Crippen molar-refractivity contribution in [3.05, 3.63) is 28.5 Å². The number of aliphatic carboxylic acids is 1. The number of aryl methyl sites for hydroxylation is 1. The van der Waals surface area contributed by atoms with E-state index in [1.54, 1.807) is 13.0 Å². The number of amides is 1. The first-order valence-electron chi connectivity index (χ1n) is 6.65. The molecule has 0 radical (unpaired) electrons. The highest BCUT2D eigenvalue weighted by Crippen LogP contribution is 2.25. The number of carboxylic acid groups (broad SMARTS) is 1. The van der Waals surface area contributed by atoms with Crippen molar-refractivity contribution in [2.24, 2.45) is 5.92 Å². The van der Waals surface area contributed by atoms with Crippen LogP contribution in [-0.2, 0) is 4.79 Å². The van der Waals surface area contributed by atoms with Crippen molar-refractivity contribution >= 4 is 23.5 Å². The van der Waals surface area contributed by atoms with Crippen LogP contribution in [0, 0.1) is 12.8 Å². The zero-order chi connectivity index (χ0) is 14.7. The predicted octanol–water partition coefficient (Wildman–Crippen LogP) is 2.42. The number of hydrogen-bond donors (Lipinski definition) is 2. The van der Waals surface area contributed by atoms with E-state index in [0.29, 0.717) is 24.1 Å². The van der Waals surface area contributed by atoms with Gasteiger partial charge in [-0.05, 0) is 31.9 Å². The van der Waals surface area contributed by atoms with Crippen LogP contribution < -0.4 is 5.32 Å². The molecule has 1 fully saturated rings. The number of aromatic nitrogens is 1. The molecule has 5 nitrogen and oxygen atoms in total. The monoisotopic (exact) mass is 296 g/mol. The molecule has 108 valence electrons. The highest BCUT2D eigenvalue weighted by Gasteiger charge is 2.32. The van der Waals surface area contributed by atoms with Crippen LogP contribution in [-0.4, -0.2) is 28.0 Å². The molecule has 2 rings (SSSR count). The van der Waals surface area contributed by atoms with Crippen LogP contribution in [0.5, 0.6) is 0 Å². The standard InChI is InChI=1S/C14H17ClN2O3/c1-8-6-9(7-12(15)16-8)13(18)17-11-5-3-2-4-10(11)14(19)20/h6-7,10-11H,2-5H2,1H3,(H,17,18)(H,19,20). The Hall–Kier alpha value is -1.62. The van der Waals surface area contributed by atoms with Gasteiger partial charge in [-0.2, -0.15) is 0 Å². The van der Waals surface area contributed by atoms with Crippen molar-refractivity contribution in [1.82, 2.24) is 10.3 Å². The zero-order valence-corrected chi connectivity index (χ0v) is 12.0. The molecule has 0 aliphatic heterocycles. The van der Waals surface area contributed by atoms with Crippen molar-refractivity contribution in [2.45, 2.75) is 38.6 Å².